The van der Waals surface area contributed by atoms with Crippen molar-refractivity contribution in [3.8, 4) is 0 Å². The van der Waals surface area contributed by atoms with E-state index in [1.54, 1.807) is 19.4 Å². The van der Waals surface area contributed by atoms with Crippen molar-refractivity contribution in [1.29, 1.82) is 0 Å². The van der Waals surface area contributed by atoms with Gasteiger partial charge in [-0.1, -0.05) is 24.3 Å². The van der Waals surface area contributed by atoms with Gasteiger partial charge < -0.3 is 4.74 Å². The molecular weight excluding hydrogens is 160 g/mol. The molecule has 0 bridgehead atoms. The van der Waals surface area contributed by atoms with Crippen molar-refractivity contribution in [2.75, 3.05) is 7.11 Å². The average Bonchev–Trinajstić information content (AvgIpc) is 1.99. The van der Waals surface area contributed by atoms with E-state index in [2.05, 4.69) is 0 Å². The highest BCUT2D eigenvalue weighted by Crippen LogP contribution is 1.99. The molecule has 11 heavy (non-hydrogen) atoms. The third-order valence-corrected chi connectivity index (χ3v) is 1.29. The third kappa shape index (κ3) is 7.20. The Morgan fingerprint density at radius 1 is 1.27 bits per heavy atom. The maximum Gasteiger partial charge on any atom is 0.0824 e. The molecule has 1 nitrogen and oxygen atoms in total. The predicted octanol–water partition coefficient (Wildman–Crippen LogP) is 2.89. The number of rotatable bonds is 4. The van der Waals surface area contributed by atoms with Gasteiger partial charge in [0.15, 0.2) is 0 Å². The molecule has 0 aliphatic heterocycles. The van der Waals surface area contributed by atoms with Gasteiger partial charge in [-0.2, -0.15) is 0 Å². The minimum absolute atomic E-state index is 0.0264. The smallest absolute Gasteiger partial charge is 0.0824 e. The molecule has 0 aromatic heterocycles. The summed E-state index contributed by atoms with van der Waals surface area (Å²) in [4.78, 5) is 0. The lowest BCUT2D eigenvalue weighted by Gasteiger charge is -1.90. The molecule has 0 spiro atoms. The monoisotopic (exact) mass is 172 g/mol. The van der Waals surface area contributed by atoms with Crippen LogP contribution >= 0.6 is 11.6 Å². The molecule has 0 aromatic rings. The second-order valence-electron chi connectivity index (χ2n) is 1.92. The summed E-state index contributed by atoms with van der Waals surface area (Å²) in [5, 5.41) is -0.0264. The largest absolute Gasteiger partial charge is 0.504 e. The number of hydrogen-bond acceptors (Lipinski definition) is 1. The minimum atomic E-state index is -0.0264. The maximum absolute atomic E-state index is 5.81. The van der Waals surface area contributed by atoms with Crippen LogP contribution in [0.2, 0.25) is 0 Å². The Bertz CT molecular complexity index is 159. The molecule has 1 atom stereocenters. The summed E-state index contributed by atoms with van der Waals surface area (Å²) in [5.74, 6) is 0. The van der Waals surface area contributed by atoms with Crippen molar-refractivity contribution >= 4 is 11.6 Å². The van der Waals surface area contributed by atoms with Crippen LogP contribution in [0.1, 0.15) is 6.92 Å². The molecule has 0 rings (SSSR count). The minimum Gasteiger partial charge on any atom is -0.504 e. The van der Waals surface area contributed by atoms with Crippen LogP contribution in [0.25, 0.3) is 0 Å². The Labute approximate surface area is 73.0 Å². The number of alkyl halides is 1. The van der Waals surface area contributed by atoms with E-state index in [9.17, 15) is 0 Å². The molecule has 0 saturated heterocycles. The molecule has 0 radical (unpaired) electrons. The fraction of sp³-hybridized carbons (Fsp3) is 0.333. The van der Waals surface area contributed by atoms with E-state index in [1.807, 2.05) is 31.2 Å². The highest BCUT2D eigenvalue weighted by Gasteiger charge is 1.87. The summed E-state index contributed by atoms with van der Waals surface area (Å²) in [5.41, 5.74) is 0. The lowest BCUT2D eigenvalue weighted by Crippen LogP contribution is -1.83. The molecular formula is C9H13ClO. The van der Waals surface area contributed by atoms with Gasteiger partial charge in [-0.25, -0.2) is 0 Å². The summed E-state index contributed by atoms with van der Waals surface area (Å²) in [7, 11) is 1.61. The van der Waals surface area contributed by atoms with Crippen molar-refractivity contribution in [3.63, 3.8) is 0 Å². The fourth-order valence-electron chi connectivity index (χ4n) is 0.542. The Morgan fingerprint density at radius 3 is 2.55 bits per heavy atom. The van der Waals surface area contributed by atoms with Gasteiger partial charge in [0.1, 0.15) is 0 Å². The van der Waals surface area contributed by atoms with Gasteiger partial charge in [0.05, 0.1) is 18.7 Å². The number of allylic oxidation sites excluding steroid dienone is 5. The average molecular weight is 173 g/mol. The van der Waals surface area contributed by atoms with E-state index in [0.29, 0.717) is 0 Å². The fourth-order valence-corrected chi connectivity index (χ4v) is 0.772. The number of hydrogen-bond donors (Lipinski definition) is 0. The topological polar surface area (TPSA) is 9.23 Å². The molecule has 0 N–H and O–H groups in total. The number of ether oxygens (including phenoxy) is 1. The van der Waals surface area contributed by atoms with Gasteiger partial charge >= 0.3 is 0 Å². The molecule has 1 unspecified atom stereocenters. The molecule has 0 aromatic carbocycles. The first-order chi connectivity index (χ1) is 5.31. The van der Waals surface area contributed by atoms with E-state index < -0.39 is 0 Å². The maximum atomic E-state index is 5.81. The van der Waals surface area contributed by atoms with Crippen LogP contribution in [0.4, 0.5) is 0 Å². The van der Waals surface area contributed by atoms with Gasteiger partial charge in [-0.05, 0) is 13.0 Å². The molecule has 2 heteroatoms. The molecule has 0 aliphatic rings. The van der Waals surface area contributed by atoms with E-state index in [0.717, 1.165) is 0 Å². The molecule has 0 aliphatic carbocycles. The summed E-state index contributed by atoms with van der Waals surface area (Å²) < 4.78 is 4.69. The lowest BCUT2D eigenvalue weighted by molar-refractivity contribution is 0.338. The zero-order valence-electron chi connectivity index (χ0n) is 6.83. The Kier molecular flexibility index (Phi) is 6.95. The van der Waals surface area contributed by atoms with Crippen molar-refractivity contribution in [1.82, 2.24) is 0 Å². The van der Waals surface area contributed by atoms with Crippen molar-refractivity contribution in [2.45, 2.75) is 12.3 Å². The second-order valence-corrected chi connectivity index (χ2v) is 2.42. The highest BCUT2D eigenvalue weighted by molar-refractivity contribution is 6.23. The van der Waals surface area contributed by atoms with Crippen LogP contribution in [0.5, 0.6) is 0 Å². The van der Waals surface area contributed by atoms with Crippen LogP contribution in [0.3, 0.4) is 0 Å². The Hall–Kier alpha value is -0.690. The van der Waals surface area contributed by atoms with E-state index >= 15 is 0 Å². The quantitative estimate of drug-likeness (QED) is 0.274. The number of halogens is 1. The van der Waals surface area contributed by atoms with E-state index in [1.165, 1.54) is 0 Å². The SMILES string of the molecule is C/C=C\C(Cl)C=C/C=C/OC. The van der Waals surface area contributed by atoms with Crippen LogP contribution < -0.4 is 0 Å². The van der Waals surface area contributed by atoms with Crippen LogP contribution in [-0.4, -0.2) is 12.5 Å². The highest BCUT2D eigenvalue weighted by atomic mass is 35.5. The second kappa shape index (κ2) is 7.42. The Balaban J connectivity index is 3.64. The lowest BCUT2D eigenvalue weighted by atomic mass is 10.3. The van der Waals surface area contributed by atoms with Gasteiger partial charge in [0.2, 0.25) is 0 Å². The zero-order chi connectivity index (χ0) is 8.53. The standard InChI is InChI=1S/C9H13ClO/c1-3-6-9(10)7-4-5-8-11-2/h3-9H,1-2H3/b6-3-,7-4?,8-5+. The molecule has 0 fully saturated rings. The Morgan fingerprint density at radius 2 is 2.00 bits per heavy atom. The number of methoxy groups -OCH3 is 1. The van der Waals surface area contributed by atoms with Crippen molar-refractivity contribution in [2.24, 2.45) is 0 Å². The third-order valence-electron chi connectivity index (χ3n) is 0.997. The van der Waals surface area contributed by atoms with Gasteiger partial charge in [-0.3, -0.25) is 0 Å². The van der Waals surface area contributed by atoms with E-state index in [-0.39, 0.29) is 5.38 Å². The van der Waals surface area contributed by atoms with Gasteiger partial charge in [0, 0.05) is 0 Å². The van der Waals surface area contributed by atoms with Crippen LogP contribution in [0.15, 0.2) is 36.6 Å². The zero-order valence-corrected chi connectivity index (χ0v) is 7.58. The predicted molar refractivity (Wildman–Crippen MR) is 49.7 cm³/mol. The first-order valence-electron chi connectivity index (χ1n) is 3.44. The van der Waals surface area contributed by atoms with Crippen LogP contribution in [0, 0.1) is 0 Å². The van der Waals surface area contributed by atoms with Crippen molar-refractivity contribution < 1.29 is 4.74 Å². The van der Waals surface area contributed by atoms with E-state index in [4.69, 9.17) is 16.3 Å². The van der Waals surface area contributed by atoms with Crippen LogP contribution in [-0.2, 0) is 4.74 Å². The van der Waals surface area contributed by atoms with Gasteiger partial charge in [-0.15, -0.1) is 11.6 Å². The molecule has 0 saturated carbocycles. The molecule has 62 valence electrons. The summed E-state index contributed by atoms with van der Waals surface area (Å²) in [6, 6.07) is 0. The first kappa shape index (κ1) is 10.3. The summed E-state index contributed by atoms with van der Waals surface area (Å²) >= 11 is 5.81. The summed E-state index contributed by atoms with van der Waals surface area (Å²) in [6.45, 7) is 1.94. The van der Waals surface area contributed by atoms with Crippen molar-refractivity contribution in [3.05, 3.63) is 36.6 Å². The van der Waals surface area contributed by atoms with Gasteiger partial charge in [0.25, 0.3) is 0 Å². The summed E-state index contributed by atoms with van der Waals surface area (Å²) in [6.07, 6.45) is 10.9. The first-order valence-corrected chi connectivity index (χ1v) is 3.88. The molecule has 0 amide bonds. The normalized spacial score (nSPS) is 15.2. The molecule has 0 heterocycles.